The van der Waals surface area contributed by atoms with Crippen LogP contribution in [0.4, 0.5) is 18.9 Å². The molecule has 25 heavy (non-hydrogen) atoms. The number of thioether (sulfide) groups is 1. The fraction of sp³-hybridized carbons (Fsp3) is 0.118. The van der Waals surface area contributed by atoms with E-state index in [9.17, 15) is 18.0 Å². The minimum Gasteiger partial charge on any atom is -0.301 e. The lowest BCUT2D eigenvalue weighted by Crippen LogP contribution is -2.30. The molecule has 0 spiro atoms. The molecule has 2 rings (SSSR count). The zero-order valence-corrected chi connectivity index (χ0v) is 13.8. The second-order valence-corrected chi connectivity index (χ2v) is 5.73. The number of hydrogen-bond donors (Lipinski definition) is 1. The van der Waals surface area contributed by atoms with Crippen molar-refractivity contribution in [1.29, 1.82) is 0 Å². The first kappa shape index (κ1) is 18.7. The molecule has 1 amide bonds. The Balaban J connectivity index is 2.29. The summed E-state index contributed by atoms with van der Waals surface area (Å²) >= 11 is 1.15. The van der Waals surface area contributed by atoms with Crippen molar-refractivity contribution in [2.75, 3.05) is 5.75 Å². The highest BCUT2D eigenvalue weighted by atomic mass is 32.2. The Kier molecular flexibility index (Phi) is 6.35. The Labute approximate surface area is 146 Å². The van der Waals surface area contributed by atoms with Crippen LogP contribution in [-0.4, -0.2) is 21.8 Å². The number of alkyl halides is 3. The number of aromatic nitrogens is 1. The van der Waals surface area contributed by atoms with Gasteiger partial charge in [-0.2, -0.15) is 13.2 Å². The van der Waals surface area contributed by atoms with Gasteiger partial charge in [-0.1, -0.05) is 36.0 Å². The maximum atomic E-state index is 13.0. The van der Waals surface area contributed by atoms with Gasteiger partial charge in [-0.25, -0.2) is 4.99 Å². The Morgan fingerprint density at radius 3 is 2.64 bits per heavy atom. The lowest BCUT2D eigenvalue weighted by atomic mass is 10.1. The molecule has 0 aliphatic heterocycles. The summed E-state index contributed by atoms with van der Waals surface area (Å²) in [6, 6.07) is 9.52. The number of halogens is 3. The van der Waals surface area contributed by atoms with Crippen LogP contribution in [0.15, 0.2) is 66.4 Å². The van der Waals surface area contributed by atoms with Crippen LogP contribution in [0.5, 0.6) is 0 Å². The maximum Gasteiger partial charge on any atom is 0.417 e. The highest BCUT2D eigenvalue weighted by molar-refractivity contribution is 8.14. The lowest BCUT2D eigenvalue weighted by Gasteiger charge is -2.13. The molecule has 2 aromatic rings. The topological polar surface area (TPSA) is 54.4 Å². The zero-order chi connectivity index (χ0) is 18.3. The standard InChI is InChI=1S/C17H14F3N3OS/c1-2-10-25-16(22-12-6-4-3-5-7-12)23-15(24)13-11-21-9-8-14(13)17(18,19)20/h2-9,11H,1,10H2,(H,22,23,24). The first-order valence-electron chi connectivity index (χ1n) is 7.12. The second kappa shape index (κ2) is 8.48. The predicted octanol–water partition coefficient (Wildman–Crippen LogP) is 4.44. The molecule has 1 N–H and O–H groups in total. The maximum absolute atomic E-state index is 13.0. The van der Waals surface area contributed by atoms with Crippen LogP contribution >= 0.6 is 11.8 Å². The van der Waals surface area contributed by atoms with E-state index in [1.807, 2.05) is 0 Å². The average molecular weight is 365 g/mol. The third kappa shape index (κ3) is 5.46. The summed E-state index contributed by atoms with van der Waals surface area (Å²) in [5, 5.41) is 2.59. The normalized spacial score (nSPS) is 11.9. The van der Waals surface area contributed by atoms with Gasteiger partial charge in [0.15, 0.2) is 5.17 Å². The summed E-state index contributed by atoms with van der Waals surface area (Å²) in [6.45, 7) is 3.58. The third-order valence-corrected chi connectivity index (χ3v) is 3.79. The number of pyridine rings is 1. The predicted molar refractivity (Wildman–Crippen MR) is 92.9 cm³/mol. The van der Waals surface area contributed by atoms with Crippen LogP contribution in [0.2, 0.25) is 0 Å². The second-order valence-electron chi connectivity index (χ2n) is 4.73. The van der Waals surface area contributed by atoms with Crippen molar-refractivity contribution in [2.24, 2.45) is 4.99 Å². The molecule has 0 aliphatic carbocycles. The molecular weight excluding hydrogens is 351 g/mol. The number of amidine groups is 1. The number of rotatable bonds is 4. The van der Waals surface area contributed by atoms with Crippen molar-refractivity contribution in [1.82, 2.24) is 10.3 Å². The number of para-hydroxylation sites is 1. The number of amides is 1. The Bertz CT molecular complexity index is 776. The van der Waals surface area contributed by atoms with Gasteiger partial charge in [0.25, 0.3) is 5.91 Å². The molecule has 0 saturated heterocycles. The Morgan fingerprint density at radius 2 is 2.00 bits per heavy atom. The molecule has 1 aromatic carbocycles. The van der Waals surface area contributed by atoms with E-state index in [-0.39, 0.29) is 5.17 Å². The van der Waals surface area contributed by atoms with Gasteiger partial charge in [-0.05, 0) is 18.2 Å². The summed E-state index contributed by atoms with van der Waals surface area (Å²) in [5.74, 6) is -0.489. The van der Waals surface area contributed by atoms with Gasteiger partial charge < -0.3 is 5.32 Å². The summed E-state index contributed by atoms with van der Waals surface area (Å²) in [6.07, 6.45) is -1.18. The quantitative estimate of drug-likeness (QED) is 0.495. The summed E-state index contributed by atoms with van der Waals surface area (Å²) in [4.78, 5) is 20.2. The summed E-state index contributed by atoms with van der Waals surface area (Å²) in [5.41, 5.74) is -1.04. The van der Waals surface area contributed by atoms with Crippen molar-refractivity contribution in [3.63, 3.8) is 0 Å². The Hall–Kier alpha value is -2.61. The monoisotopic (exact) mass is 365 g/mol. The van der Waals surface area contributed by atoms with Crippen LogP contribution in [0, 0.1) is 0 Å². The van der Waals surface area contributed by atoms with E-state index in [0.29, 0.717) is 11.4 Å². The van der Waals surface area contributed by atoms with E-state index >= 15 is 0 Å². The summed E-state index contributed by atoms with van der Waals surface area (Å²) in [7, 11) is 0. The van der Waals surface area contributed by atoms with Gasteiger partial charge >= 0.3 is 6.18 Å². The molecule has 0 radical (unpaired) electrons. The summed E-state index contributed by atoms with van der Waals surface area (Å²) < 4.78 is 39.1. The molecule has 130 valence electrons. The van der Waals surface area contributed by atoms with E-state index in [4.69, 9.17) is 0 Å². The number of carbonyl (C=O) groups excluding carboxylic acids is 1. The molecule has 0 unspecified atom stereocenters. The van der Waals surface area contributed by atoms with E-state index < -0.39 is 23.2 Å². The molecule has 8 heteroatoms. The molecule has 0 atom stereocenters. The van der Waals surface area contributed by atoms with Gasteiger partial charge in [0.2, 0.25) is 0 Å². The third-order valence-electron chi connectivity index (χ3n) is 2.92. The van der Waals surface area contributed by atoms with E-state index in [1.54, 1.807) is 36.4 Å². The fourth-order valence-electron chi connectivity index (χ4n) is 1.84. The zero-order valence-electron chi connectivity index (χ0n) is 13.0. The van der Waals surface area contributed by atoms with Crippen molar-refractivity contribution < 1.29 is 18.0 Å². The van der Waals surface area contributed by atoms with Crippen molar-refractivity contribution >= 4 is 28.5 Å². The smallest absolute Gasteiger partial charge is 0.301 e. The van der Waals surface area contributed by atoms with Crippen LogP contribution in [0.3, 0.4) is 0 Å². The molecule has 4 nitrogen and oxygen atoms in total. The number of hydrogen-bond acceptors (Lipinski definition) is 4. The van der Waals surface area contributed by atoms with Crippen LogP contribution in [0.1, 0.15) is 15.9 Å². The van der Waals surface area contributed by atoms with Gasteiger partial charge in [0.1, 0.15) is 0 Å². The molecular formula is C17H14F3N3OS. The van der Waals surface area contributed by atoms with Crippen molar-refractivity contribution in [2.45, 2.75) is 6.18 Å². The van der Waals surface area contributed by atoms with Gasteiger partial charge in [0, 0.05) is 18.1 Å². The molecule has 0 bridgehead atoms. The van der Waals surface area contributed by atoms with Gasteiger partial charge in [0.05, 0.1) is 16.8 Å². The number of aliphatic imine (C=N–C) groups is 1. The molecule has 1 aromatic heterocycles. The molecule has 1 heterocycles. The van der Waals surface area contributed by atoms with Crippen LogP contribution < -0.4 is 5.32 Å². The average Bonchev–Trinajstić information content (AvgIpc) is 2.59. The molecule has 0 aliphatic rings. The van der Waals surface area contributed by atoms with Crippen LogP contribution in [0.25, 0.3) is 0 Å². The fourth-order valence-corrected chi connectivity index (χ4v) is 2.45. The minimum atomic E-state index is -4.65. The SMILES string of the molecule is C=CCSC(=Nc1ccccc1)NC(=O)c1cnccc1C(F)(F)F. The Morgan fingerprint density at radius 1 is 1.28 bits per heavy atom. The molecule has 0 saturated carbocycles. The van der Waals surface area contributed by atoms with Gasteiger partial charge in [-0.15, -0.1) is 6.58 Å². The lowest BCUT2D eigenvalue weighted by molar-refractivity contribution is -0.138. The highest BCUT2D eigenvalue weighted by Gasteiger charge is 2.35. The van der Waals surface area contributed by atoms with Gasteiger partial charge in [-0.3, -0.25) is 9.78 Å². The molecule has 0 fully saturated rings. The number of nitrogens with one attached hydrogen (secondary N) is 1. The number of carbonyl (C=O) groups is 1. The first-order chi connectivity index (χ1) is 11.9. The van der Waals surface area contributed by atoms with Crippen molar-refractivity contribution in [3.8, 4) is 0 Å². The van der Waals surface area contributed by atoms with E-state index in [0.717, 1.165) is 30.2 Å². The highest BCUT2D eigenvalue weighted by Crippen LogP contribution is 2.31. The van der Waals surface area contributed by atoms with Crippen molar-refractivity contribution in [3.05, 3.63) is 72.6 Å². The van der Waals surface area contributed by atoms with E-state index in [1.165, 1.54) is 0 Å². The largest absolute Gasteiger partial charge is 0.417 e. The number of benzene rings is 1. The van der Waals surface area contributed by atoms with E-state index in [2.05, 4.69) is 21.9 Å². The van der Waals surface area contributed by atoms with Crippen LogP contribution in [-0.2, 0) is 6.18 Å². The minimum absolute atomic E-state index is 0.174. The number of nitrogens with zero attached hydrogens (tertiary/aromatic N) is 2. The first-order valence-corrected chi connectivity index (χ1v) is 8.10.